The maximum Gasteiger partial charge on any atom is 0.220 e. The Bertz CT molecular complexity index is 414. The summed E-state index contributed by atoms with van der Waals surface area (Å²) in [6, 6.07) is 7.62. The maximum absolute atomic E-state index is 11.6. The number of rotatable bonds is 5. The normalized spacial score (nSPS) is 22.3. The fraction of sp³-hybridized carbons (Fsp3) is 0.500. The van der Waals surface area contributed by atoms with E-state index in [-0.39, 0.29) is 12.0 Å². The third-order valence-electron chi connectivity index (χ3n) is 3.48. The number of nitrogen functional groups attached to an aromatic ring is 1. The molecule has 18 heavy (non-hydrogen) atoms. The summed E-state index contributed by atoms with van der Waals surface area (Å²) in [6.07, 6.45) is 2.60. The predicted molar refractivity (Wildman–Crippen MR) is 70.9 cm³/mol. The minimum Gasteiger partial charge on any atom is -0.399 e. The lowest BCUT2D eigenvalue weighted by molar-refractivity contribution is -0.121. The van der Waals surface area contributed by atoms with Gasteiger partial charge in [0.15, 0.2) is 0 Å². The standard InChI is InChI=1S/C14H20N2O2/c15-13-4-2-1-3-11(13)5-6-14(18)16-9-10-7-12(17)8-10/h1-4,10,12,17H,5-9,15H2,(H,16,18). The van der Waals surface area contributed by atoms with E-state index in [1.165, 1.54) is 0 Å². The van der Waals surface area contributed by atoms with Crippen molar-refractivity contribution in [3.05, 3.63) is 29.8 Å². The van der Waals surface area contributed by atoms with Gasteiger partial charge in [0.05, 0.1) is 6.10 Å². The molecular formula is C14H20N2O2. The number of hydrogen-bond donors (Lipinski definition) is 3. The summed E-state index contributed by atoms with van der Waals surface area (Å²) >= 11 is 0. The molecule has 0 bridgehead atoms. The molecule has 0 radical (unpaired) electrons. The molecule has 0 unspecified atom stereocenters. The van der Waals surface area contributed by atoms with Gasteiger partial charge in [0, 0.05) is 18.7 Å². The summed E-state index contributed by atoms with van der Waals surface area (Å²) in [5.74, 6) is 0.505. The van der Waals surface area contributed by atoms with Crippen LogP contribution in [0.25, 0.3) is 0 Å². The molecule has 0 atom stereocenters. The highest BCUT2D eigenvalue weighted by Crippen LogP contribution is 2.26. The van der Waals surface area contributed by atoms with Crippen LogP contribution in [0.3, 0.4) is 0 Å². The molecule has 0 spiro atoms. The van der Waals surface area contributed by atoms with Gasteiger partial charge in [0.1, 0.15) is 0 Å². The van der Waals surface area contributed by atoms with Crippen molar-refractivity contribution in [2.75, 3.05) is 12.3 Å². The van der Waals surface area contributed by atoms with Crippen LogP contribution in [-0.2, 0) is 11.2 Å². The number of hydrogen-bond acceptors (Lipinski definition) is 3. The van der Waals surface area contributed by atoms with E-state index in [4.69, 9.17) is 10.8 Å². The zero-order valence-electron chi connectivity index (χ0n) is 10.4. The van der Waals surface area contributed by atoms with Crippen molar-refractivity contribution in [1.82, 2.24) is 5.32 Å². The number of para-hydroxylation sites is 1. The first-order valence-electron chi connectivity index (χ1n) is 6.43. The Hall–Kier alpha value is -1.55. The number of aliphatic hydroxyl groups is 1. The molecule has 4 nitrogen and oxygen atoms in total. The number of carbonyl (C=O) groups excluding carboxylic acids is 1. The maximum atomic E-state index is 11.6. The summed E-state index contributed by atoms with van der Waals surface area (Å²) < 4.78 is 0. The fourth-order valence-corrected chi connectivity index (χ4v) is 2.22. The molecule has 0 aliphatic heterocycles. The highest BCUT2D eigenvalue weighted by Gasteiger charge is 2.26. The van der Waals surface area contributed by atoms with Gasteiger partial charge in [-0.2, -0.15) is 0 Å². The number of aryl methyl sites for hydroxylation is 1. The second-order valence-electron chi connectivity index (χ2n) is 4.99. The molecule has 0 heterocycles. The van der Waals surface area contributed by atoms with Gasteiger partial charge in [0.2, 0.25) is 5.91 Å². The molecule has 0 aromatic heterocycles. The van der Waals surface area contributed by atoms with Crippen molar-refractivity contribution in [2.45, 2.75) is 31.8 Å². The van der Waals surface area contributed by atoms with E-state index >= 15 is 0 Å². The van der Waals surface area contributed by atoms with Crippen LogP contribution in [0, 0.1) is 5.92 Å². The Kier molecular flexibility index (Phi) is 4.20. The highest BCUT2D eigenvalue weighted by molar-refractivity contribution is 5.76. The second kappa shape index (κ2) is 5.87. The first-order chi connectivity index (χ1) is 8.65. The van der Waals surface area contributed by atoms with E-state index < -0.39 is 0 Å². The summed E-state index contributed by atoms with van der Waals surface area (Å²) in [5.41, 5.74) is 7.58. The van der Waals surface area contributed by atoms with E-state index in [9.17, 15) is 4.79 Å². The minimum atomic E-state index is -0.156. The van der Waals surface area contributed by atoms with Crippen LogP contribution in [0.1, 0.15) is 24.8 Å². The fourth-order valence-electron chi connectivity index (χ4n) is 2.22. The van der Waals surface area contributed by atoms with Crippen LogP contribution < -0.4 is 11.1 Å². The van der Waals surface area contributed by atoms with Crippen LogP contribution in [0.5, 0.6) is 0 Å². The molecule has 1 aliphatic carbocycles. The third-order valence-corrected chi connectivity index (χ3v) is 3.48. The molecule has 1 amide bonds. The summed E-state index contributed by atoms with van der Waals surface area (Å²) in [4.78, 5) is 11.6. The van der Waals surface area contributed by atoms with E-state index in [1.807, 2.05) is 24.3 Å². The largest absolute Gasteiger partial charge is 0.399 e. The number of anilines is 1. The van der Waals surface area contributed by atoms with Crippen LogP contribution in [-0.4, -0.2) is 23.7 Å². The van der Waals surface area contributed by atoms with Gasteiger partial charge >= 0.3 is 0 Å². The molecule has 4 N–H and O–H groups in total. The first kappa shape index (κ1) is 12.9. The molecule has 1 aromatic carbocycles. The molecular weight excluding hydrogens is 228 g/mol. The molecule has 4 heteroatoms. The van der Waals surface area contributed by atoms with Crippen LogP contribution in [0.2, 0.25) is 0 Å². The number of aliphatic hydroxyl groups excluding tert-OH is 1. The minimum absolute atomic E-state index is 0.0552. The zero-order chi connectivity index (χ0) is 13.0. The van der Waals surface area contributed by atoms with E-state index in [1.54, 1.807) is 0 Å². The SMILES string of the molecule is Nc1ccccc1CCC(=O)NCC1CC(O)C1. The van der Waals surface area contributed by atoms with Gasteiger partial charge in [0.25, 0.3) is 0 Å². The number of nitrogens with two attached hydrogens (primary N) is 1. The van der Waals surface area contributed by atoms with Gasteiger partial charge in [-0.3, -0.25) is 4.79 Å². The van der Waals surface area contributed by atoms with Crippen molar-refractivity contribution in [3.63, 3.8) is 0 Å². The van der Waals surface area contributed by atoms with E-state index in [0.717, 1.165) is 24.1 Å². The van der Waals surface area contributed by atoms with Crippen LogP contribution in [0.4, 0.5) is 5.69 Å². The number of benzene rings is 1. The average Bonchev–Trinajstić information content (AvgIpc) is 2.32. The topological polar surface area (TPSA) is 75.4 Å². The quantitative estimate of drug-likeness (QED) is 0.683. The molecule has 1 aromatic rings. The van der Waals surface area contributed by atoms with E-state index in [2.05, 4.69) is 5.32 Å². The van der Waals surface area contributed by atoms with Crippen molar-refractivity contribution in [3.8, 4) is 0 Å². The lowest BCUT2D eigenvalue weighted by Crippen LogP contribution is -2.38. The monoisotopic (exact) mass is 248 g/mol. The Balaban J connectivity index is 1.67. The number of nitrogens with one attached hydrogen (secondary N) is 1. The average molecular weight is 248 g/mol. The van der Waals surface area contributed by atoms with Crippen LogP contribution >= 0.6 is 0 Å². The first-order valence-corrected chi connectivity index (χ1v) is 6.43. The van der Waals surface area contributed by atoms with Crippen molar-refractivity contribution < 1.29 is 9.90 Å². The lowest BCUT2D eigenvalue weighted by atomic mass is 9.82. The Morgan fingerprint density at radius 1 is 1.39 bits per heavy atom. The smallest absolute Gasteiger partial charge is 0.220 e. The van der Waals surface area contributed by atoms with Gasteiger partial charge in [-0.15, -0.1) is 0 Å². The molecule has 1 saturated carbocycles. The van der Waals surface area contributed by atoms with Crippen molar-refractivity contribution in [1.29, 1.82) is 0 Å². The van der Waals surface area contributed by atoms with Gasteiger partial charge in [-0.1, -0.05) is 18.2 Å². The molecule has 1 fully saturated rings. The zero-order valence-corrected chi connectivity index (χ0v) is 10.4. The Morgan fingerprint density at radius 2 is 2.11 bits per heavy atom. The van der Waals surface area contributed by atoms with Crippen molar-refractivity contribution >= 4 is 11.6 Å². The number of amides is 1. The second-order valence-corrected chi connectivity index (χ2v) is 4.99. The Labute approximate surface area is 107 Å². The summed E-state index contributed by atoms with van der Waals surface area (Å²) in [6.45, 7) is 0.681. The lowest BCUT2D eigenvalue weighted by Gasteiger charge is -2.31. The third kappa shape index (κ3) is 3.47. The summed E-state index contributed by atoms with van der Waals surface area (Å²) in [5, 5.41) is 12.0. The number of carbonyl (C=O) groups is 1. The van der Waals surface area contributed by atoms with Gasteiger partial charge in [-0.05, 0) is 36.8 Å². The van der Waals surface area contributed by atoms with Gasteiger partial charge in [-0.25, -0.2) is 0 Å². The van der Waals surface area contributed by atoms with E-state index in [0.29, 0.717) is 25.3 Å². The molecule has 2 rings (SSSR count). The van der Waals surface area contributed by atoms with Crippen LogP contribution in [0.15, 0.2) is 24.3 Å². The summed E-state index contributed by atoms with van der Waals surface area (Å²) in [7, 11) is 0. The Morgan fingerprint density at radius 3 is 2.78 bits per heavy atom. The molecule has 98 valence electrons. The van der Waals surface area contributed by atoms with Crippen molar-refractivity contribution in [2.24, 2.45) is 5.92 Å². The van der Waals surface area contributed by atoms with Gasteiger partial charge < -0.3 is 16.2 Å². The molecule has 1 aliphatic rings. The molecule has 0 saturated heterocycles. The predicted octanol–water partition coefficient (Wildman–Crippen LogP) is 1.09. The highest BCUT2D eigenvalue weighted by atomic mass is 16.3.